The third kappa shape index (κ3) is 4.62. The summed E-state index contributed by atoms with van der Waals surface area (Å²) in [4.78, 5) is 21.8. The Labute approximate surface area is 188 Å². The molecule has 9 heteroatoms. The minimum Gasteiger partial charge on any atom is -0.436 e. The van der Waals surface area contributed by atoms with Crippen LogP contribution in [0.2, 0.25) is 0 Å². The van der Waals surface area contributed by atoms with Gasteiger partial charge in [0.2, 0.25) is 5.76 Å². The Morgan fingerprint density at radius 1 is 1.22 bits per heavy atom. The average Bonchev–Trinajstić information content (AvgIpc) is 3.34. The molecule has 1 fully saturated rings. The minimum absolute atomic E-state index is 0. The van der Waals surface area contributed by atoms with E-state index >= 15 is 0 Å². The van der Waals surface area contributed by atoms with Crippen LogP contribution in [0, 0.1) is 13.8 Å². The predicted molar refractivity (Wildman–Crippen MR) is 124 cm³/mol. The van der Waals surface area contributed by atoms with Gasteiger partial charge >= 0.3 is 0 Å². The van der Waals surface area contributed by atoms with Crippen LogP contribution in [0.15, 0.2) is 10.6 Å². The molecule has 2 N–H and O–H groups in total. The van der Waals surface area contributed by atoms with Crippen molar-refractivity contribution in [3.05, 3.63) is 34.8 Å². The highest BCUT2D eigenvalue weighted by Gasteiger charge is 2.23. The van der Waals surface area contributed by atoms with Crippen LogP contribution in [0.25, 0.3) is 11.0 Å². The Kier molecular flexibility index (Phi) is 7.50. The van der Waals surface area contributed by atoms with Crippen LogP contribution >= 0.6 is 0 Å². The third-order valence-electron chi connectivity index (χ3n) is 5.71. The van der Waals surface area contributed by atoms with Gasteiger partial charge in [0.15, 0.2) is 11.5 Å². The molecular formula is C23H34N6O3. The highest BCUT2D eigenvalue weighted by atomic mass is 16.5. The second-order valence-corrected chi connectivity index (χ2v) is 7.82. The molecule has 4 rings (SSSR count). The minimum atomic E-state index is -0.276. The fourth-order valence-corrected chi connectivity index (χ4v) is 4.09. The van der Waals surface area contributed by atoms with E-state index in [9.17, 15) is 4.79 Å². The van der Waals surface area contributed by atoms with E-state index in [2.05, 4.69) is 34.6 Å². The Morgan fingerprint density at radius 2 is 1.97 bits per heavy atom. The van der Waals surface area contributed by atoms with Crippen molar-refractivity contribution in [2.75, 3.05) is 18.5 Å². The maximum Gasteiger partial charge on any atom is 0.289 e. The van der Waals surface area contributed by atoms with Gasteiger partial charge in [0.25, 0.3) is 5.91 Å². The number of ether oxygens (including phenoxy) is 1. The van der Waals surface area contributed by atoms with Crippen molar-refractivity contribution in [2.24, 2.45) is 0 Å². The van der Waals surface area contributed by atoms with Crippen LogP contribution in [0.1, 0.15) is 67.5 Å². The van der Waals surface area contributed by atoms with E-state index in [0.29, 0.717) is 24.2 Å². The van der Waals surface area contributed by atoms with Crippen molar-refractivity contribution in [3.63, 3.8) is 0 Å². The molecule has 32 heavy (non-hydrogen) atoms. The molecule has 3 aromatic heterocycles. The lowest BCUT2D eigenvalue weighted by Crippen LogP contribution is -2.30. The predicted octanol–water partition coefficient (Wildman–Crippen LogP) is 3.78. The first-order valence-electron chi connectivity index (χ1n) is 11.0. The van der Waals surface area contributed by atoms with Crippen LogP contribution in [0.5, 0.6) is 0 Å². The summed E-state index contributed by atoms with van der Waals surface area (Å²) in [6, 6.07) is 0.308. The Bertz CT molecular complexity index is 1080. The van der Waals surface area contributed by atoms with Gasteiger partial charge in [-0.15, -0.1) is 0 Å². The third-order valence-corrected chi connectivity index (χ3v) is 5.71. The van der Waals surface area contributed by atoms with Crippen LogP contribution < -0.4 is 10.6 Å². The molecule has 0 unspecified atom stereocenters. The van der Waals surface area contributed by atoms with Crippen LogP contribution in [0.3, 0.4) is 0 Å². The molecular weight excluding hydrogens is 408 g/mol. The fourth-order valence-electron chi connectivity index (χ4n) is 4.09. The summed E-state index contributed by atoms with van der Waals surface area (Å²) in [5, 5.41) is 12.2. The Hall–Kier alpha value is -2.94. The van der Waals surface area contributed by atoms with Gasteiger partial charge in [-0.25, -0.2) is 14.6 Å². The van der Waals surface area contributed by atoms with Crippen LogP contribution in [-0.4, -0.2) is 44.9 Å². The number of rotatable bonds is 7. The zero-order valence-electron chi connectivity index (χ0n) is 18.6. The van der Waals surface area contributed by atoms with E-state index in [1.165, 1.54) is 0 Å². The molecule has 0 aromatic carbocycles. The van der Waals surface area contributed by atoms with Gasteiger partial charge in [0, 0.05) is 50.5 Å². The molecule has 1 aliphatic heterocycles. The van der Waals surface area contributed by atoms with E-state index < -0.39 is 0 Å². The van der Waals surface area contributed by atoms with E-state index in [4.69, 9.17) is 14.1 Å². The van der Waals surface area contributed by atoms with Gasteiger partial charge in [-0.2, -0.15) is 5.10 Å². The highest BCUT2D eigenvalue weighted by Crippen LogP contribution is 2.31. The number of carbonyl (C=O) groups excluding carboxylic acids is 1. The quantitative estimate of drug-likeness (QED) is 0.573. The molecule has 0 atom stereocenters. The monoisotopic (exact) mass is 442 g/mol. The van der Waals surface area contributed by atoms with Crippen molar-refractivity contribution >= 4 is 22.6 Å². The zero-order valence-corrected chi connectivity index (χ0v) is 18.6. The molecule has 0 bridgehead atoms. The molecule has 0 spiro atoms. The molecule has 0 aliphatic carbocycles. The number of hydrogen-bond donors (Lipinski definition) is 2. The number of carbonyl (C=O) groups is 1. The molecule has 9 nitrogen and oxygen atoms in total. The van der Waals surface area contributed by atoms with Gasteiger partial charge in [0.05, 0.1) is 23.0 Å². The molecule has 4 heterocycles. The van der Waals surface area contributed by atoms with Gasteiger partial charge in [-0.3, -0.25) is 4.79 Å². The van der Waals surface area contributed by atoms with Crippen LogP contribution in [-0.2, 0) is 24.2 Å². The number of hydrogen-bond acceptors (Lipinski definition) is 7. The van der Waals surface area contributed by atoms with E-state index in [0.717, 1.165) is 67.0 Å². The van der Waals surface area contributed by atoms with Crippen LogP contribution in [0.4, 0.5) is 5.69 Å². The SMILES string of the molecule is C.CCc1nc2c(cnn2CC)c(NC2CCOCC2)c1CNC(=O)c1oc(C)nc1C. The van der Waals surface area contributed by atoms with Crippen molar-refractivity contribution in [2.45, 2.75) is 73.5 Å². The van der Waals surface area contributed by atoms with Crippen molar-refractivity contribution < 1.29 is 13.9 Å². The smallest absolute Gasteiger partial charge is 0.289 e. The first-order chi connectivity index (χ1) is 15.0. The molecule has 1 amide bonds. The maximum absolute atomic E-state index is 12.7. The first kappa shape index (κ1) is 23.7. The molecule has 0 radical (unpaired) electrons. The van der Waals surface area contributed by atoms with E-state index in [1.807, 2.05) is 10.9 Å². The Morgan fingerprint density at radius 3 is 2.59 bits per heavy atom. The molecule has 1 saturated heterocycles. The second kappa shape index (κ2) is 10.1. The van der Waals surface area contributed by atoms with Gasteiger partial charge < -0.3 is 19.8 Å². The van der Waals surface area contributed by atoms with Crippen molar-refractivity contribution in [3.8, 4) is 0 Å². The number of nitrogens with zero attached hydrogens (tertiary/aromatic N) is 4. The molecule has 174 valence electrons. The summed E-state index contributed by atoms with van der Waals surface area (Å²) in [5.74, 6) is 0.456. The summed E-state index contributed by atoms with van der Waals surface area (Å²) >= 11 is 0. The molecule has 0 saturated carbocycles. The number of aromatic nitrogens is 4. The molecule has 3 aromatic rings. The summed E-state index contributed by atoms with van der Waals surface area (Å²) < 4.78 is 12.9. The van der Waals surface area contributed by atoms with E-state index in [-0.39, 0.29) is 19.1 Å². The number of oxazole rings is 1. The average molecular weight is 443 g/mol. The number of aryl methyl sites for hydroxylation is 4. The molecule has 1 aliphatic rings. The zero-order chi connectivity index (χ0) is 22.0. The topological polar surface area (TPSA) is 107 Å². The largest absolute Gasteiger partial charge is 0.436 e. The fraction of sp³-hybridized carbons (Fsp3) is 0.565. The number of nitrogens with one attached hydrogen (secondary N) is 2. The maximum atomic E-state index is 12.7. The number of anilines is 1. The Balaban J connectivity index is 0.00000289. The lowest BCUT2D eigenvalue weighted by Gasteiger charge is -2.26. The van der Waals surface area contributed by atoms with E-state index in [1.54, 1.807) is 13.8 Å². The summed E-state index contributed by atoms with van der Waals surface area (Å²) in [5.41, 5.74) is 4.39. The van der Waals surface area contributed by atoms with Gasteiger partial charge in [-0.05, 0) is 33.1 Å². The lowest BCUT2D eigenvalue weighted by molar-refractivity contribution is 0.0904. The number of amides is 1. The van der Waals surface area contributed by atoms with Gasteiger partial charge in [0.1, 0.15) is 0 Å². The summed E-state index contributed by atoms with van der Waals surface area (Å²) in [7, 11) is 0. The standard InChI is InChI=1S/C22H30N6O3.CH4/c1-5-18-16(11-23-22(29)20-13(3)25-14(4)31-20)19(26-15-7-9-30-10-8-15)17-12-24-28(6-2)21(17)27-18;/h12,15H,5-11H2,1-4H3,(H,23,29)(H,26,27);1H4. The first-order valence-corrected chi connectivity index (χ1v) is 11.0. The van der Waals surface area contributed by atoms with Crippen molar-refractivity contribution in [1.82, 2.24) is 25.1 Å². The summed E-state index contributed by atoms with van der Waals surface area (Å²) in [6.45, 7) is 10.2. The summed E-state index contributed by atoms with van der Waals surface area (Å²) in [6.07, 6.45) is 4.49. The lowest BCUT2D eigenvalue weighted by atomic mass is 10.0. The van der Waals surface area contributed by atoms with Crippen molar-refractivity contribution in [1.29, 1.82) is 0 Å². The second-order valence-electron chi connectivity index (χ2n) is 7.82. The normalized spacial score (nSPS) is 14.4. The number of fused-ring (bicyclic) bond motifs is 1. The highest BCUT2D eigenvalue weighted by molar-refractivity contribution is 5.94. The number of pyridine rings is 1. The van der Waals surface area contributed by atoms with Gasteiger partial charge in [-0.1, -0.05) is 14.4 Å².